The molecule has 5 nitrogen and oxygen atoms in total. The number of carbonyl (C=O) groups excluding carboxylic acids is 1. The maximum atomic E-state index is 11.5. The van der Waals surface area contributed by atoms with Crippen LogP contribution >= 0.6 is 23.2 Å². The van der Waals surface area contributed by atoms with Crippen molar-refractivity contribution < 1.29 is 4.79 Å². The average molecular weight is 291 g/mol. The van der Waals surface area contributed by atoms with Gasteiger partial charge in [0, 0.05) is 13.6 Å². The minimum absolute atomic E-state index is 0.116. The summed E-state index contributed by atoms with van der Waals surface area (Å²) in [7, 11) is 1.58. The number of nitrogens with zero attached hydrogens (tertiary/aromatic N) is 2. The van der Waals surface area contributed by atoms with Crippen LogP contribution in [0.15, 0.2) is 6.07 Å². The van der Waals surface area contributed by atoms with Gasteiger partial charge in [0.25, 0.3) is 0 Å². The summed E-state index contributed by atoms with van der Waals surface area (Å²) in [5, 5.41) is 3.25. The number of nitrogens with two attached hydrogens (primary N) is 1. The molecule has 0 radical (unpaired) electrons. The van der Waals surface area contributed by atoms with E-state index in [1.807, 2.05) is 6.92 Å². The number of likely N-dealkylation sites (N-methyl/N-ethyl adjacent to an activating group) is 1. The topological polar surface area (TPSA) is 71.2 Å². The monoisotopic (exact) mass is 290 g/mol. The van der Waals surface area contributed by atoms with E-state index in [-0.39, 0.29) is 18.3 Å². The second-order valence-electron chi connectivity index (χ2n) is 3.76. The zero-order valence-electron chi connectivity index (χ0n) is 10.3. The van der Waals surface area contributed by atoms with Crippen molar-refractivity contribution in [1.29, 1.82) is 0 Å². The van der Waals surface area contributed by atoms with Gasteiger partial charge in [0.2, 0.25) is 5.91 Å². The first-order valence-corrected chi connectivity index (χ1v) is 6.32. The summed E-state index contributed by atoms with van der Waals surface area (Å²) in [6.45, 7) is 2.84. The second-order valence-corrected chi connectivity index (χ2v) is 4.57. The highest BCUT2D eigenvalue weighted by Gasteiger charge is 2.16. The summed E-state index contributed by atoms with van der Waals surface area (Å²) in [5.74, 6) is 0.563. The molecule has 0 saturated heterocycles. The summed E-state index contributed by atoms with van der Waals surface area (Å²) in [5.41, 5.74) is 5.66. The molecule has 0 bridgehead atoms. The first-order chi connectivity index (χ1) is 8.49. The minimum atomic E-state index is -0.116. The molecule has 1 aromatic rings. The number of anilines is 2. The molecule has 0 saturated carbocycles. The van der Waals surface area contributed by atoms with Gasteiger partial charge in [-0.3, -0.25) is 4.79 Å². The van der Waals surface area contributed by atoms with Gasteiger partial charge < -0.3 is 16.0 Å². The lowest BCUT2D eigenvalue weighted by molar-refractivity contribution is -0.119. The lowest BCUT2D eigenvalue weighted by Crippen LogP contribution is -2.36. The van der Waals surface area contributed by atoms with E-state index >= 15 is 0 Å². The molecule has 1 rings (SSSR count). The Labute approximate surface area is 116 Å². The predicted octanol–water partition coefficient (Wildman–Crippen LogP) is 1.93. The Kier molecular flexibility index (Phi) is 5.50. The Balaban J connectivity index is 3.05. The first-order valence-electron chi connectivity index (χ1n) is 5.56. The third-order valence-electron chi connectivity index (χ3n) is 2.34. The van der Waals surface area contributed by atoms with E-state index in [1.54, 1.807) is 11.9 Å². The molecule has 0 aliphatic rings. The van der Waals surface area contributed by atoms with E-state index in [4.69, 9.17) is 28.9 Å². The van der Waals surface area contributed by atoms with Crippen LogP contribution in [-0.2, 0) is 4.79 Å². The lowest BCUT2D eigenvalue weighted by Gasteiger charge is -2.23. The molecule has 7 heteroatoms. The van der Waals surface area contributed by atoms with Gasteiger partial charge in [-0.15, -0.1) is 0 Å². The molecule has 1 heterocycles. The molecule has 1 aromatic heterocycles. The number of hydrogen-bond acceptors (Lipinski definition) is 4. The van der Waals surface area contributed by atoms with Crippen LogP contribution in [0.4, 0.5) is 11.6 Å². The number of amides is 1. The predicted molar refractivity (Wildman–Crippen MR) is 75.2 cm³/mol. The van der Waals surface area contributed by atoms with E-state index in [0.29, 0.717) is 22.4 Å². The van der Waals surface area contributed by atoms with Crippen LogP contribution in [0.1, 0.15) is 13.3 Å². The Bertz CT molecular complexity index is 439. The maximum absolute atomic E-state index is 11.5. The molecule has 0 aliphatic carbocycles. The number of nitrogen functional groups attached to an aromatic ring is 1. The quantitative estimate of drug-likeness (QED) is 0.869. The third-order valence-corrected chi connectivity index (χ3v) is 2.93. The van der Waals surface area contributed by atoms with Crippen LogP contribution in [0.3, 0.4) is 0 Å². The maximum Gasteiger partial charge on any atom is 0.239 e. The molecule has 0 unspecified atom stereocenters. The van der Waals surface area contributed by atoms with Gasteiger partial charge >= 0.3 is 0 Å². The van der Waals surface area contributed by atoms with Crippen LogP contribution in [0.25, 0.3) is 0 Å². The van der Waals surface area contributed by atoms with E-state index in [0.717, 1.165) is 6.42 Å². The number of pyridine rings is 1. The SMILES string of the molecule is CCCN(CC(=O)NC)c1nc(N)c(Cl)cc1Cl. The molecular weight excluding hydrogens is 275 g/mol. The molecule has 100 valence electrons. The highest BCUT2D eigenvalue weighted by atomic mass is 35.5. The minimum Gasteiger partial charge on any atom is -0.382 e. The summed E-state index contributed by atoms with van der Waals surface area (Å²) < 4.78 is 0. The number of hydrogen-bond donors (Lipinski definition) is 2. The van der Waals surface area contributed by atoms with Gasteiger partial charge in [0.15, 0.2) is 0 Å². The van der Waals surface area contributed by atoms with Crippen LogP contribution in [0, 0.1) is 0 Å². The van der Waals surface area contributed by atoms with Gasteiger partial charge in [-0.05, 0) is 12.5 Å². The van der Waals surface area contributed by atoms with Gasteiger partial charge in [-0.25, -0.2) is 4.98 Å². The van der Waals surface area contributed by atoms with E-state index < -0.39 is 0 Å². The Morgan fingerprint density at radius 1 is 1.50 bits per heavy atom. The summed E-state index contributed by atoms with van der Waals surface area (Å²) >= 11 is 11.9. The van der Waals surface area contributed by atoms with Crippen LogP contribution in [0.2, 0.25) is 10.0 Å². The van der Waals surface area contributed by atoms with Crippen molar-refractivity contribution in [2.24, 2.45) is 0 Å². The summed E-state index contributed by atoms with van der Waals surface area (Å²) in [4.78, 5) is 17.4. The summed E-state index contributed by atoms with van der Waals surface area (Å²) in [6, 6.07) is 1.54. The Morgan fingerprint density at radius 3 is 2.72 bits per heavy atom. The lowest BCUT2D eigenvalue weighted by atomic mass is 10.3. The molecular formula is C11H16Cl2N4O. The van der Waals surface area contributed by atoms with E-state index in [9.17, 15) is 4.79 Å². The van der Waals surface area contributed by atoms with Crippen LogP contribution < -0.4 is 16.0 Å². The van der Waals surface area contributed by atoms with Gasteiger partial charge in [0.05, 0.1) is 16.6 Å². The molecule has 0 aromatic carbocycles. The van der Waals surface area contributed by atoms with Crippen molar-refractivity contribution in [2.75, 3.05) is 30.8 Å². The standard InChI is InChI=1S/C11H16Cl2N4O/c1-3-4-17(6-9(18)15-2)11-8(13)5-7(12)10(14)16-11/h5H,3-4,6H2,1-2H3,(H2,14,16)(H,15,18). The van der Waals surface area contributed by atoms with Crippen molar-refractivity contribution in [3.63, 3.8) is 0 Å². The molecule has 0 spiro atoms. The van der Waals surface area contributed by atoms with Crippen LogP contribution in [-0.4, -0.2) is 31.0 Å². The molecule has 18 heavy (non-hydrogen) atoms. The van der Waals surface area contributed by atoms with Crippen molar-refractivity contribution in [2.45, 2.75) is 13.3 Å². The number of aromatic nitrogens is 1. The molecule has 1 amide bonds. The zero-order valence-corrected chi connectivity index (χ0v) is 11.8. The molecule has 0 atom stereocenters. The first kappa shape index (κ1) is 14.9. The second kappa shape index (κ2) is 6.66. The van der Waals surface area contributed by atoms with E-state index in [2.05, 4.69) is 10.3 Å². The summed E-state index contributed by atoms with van der Waals surface area (Å²) in [6.07, 6.45) is 0.859. The largest absolute Gasteiger partial charge is 0.382 e. The molecule has 0 aliphatic heterocycles. The van der Waals surface area contributed by atoms with Crippen molar-refractivity contribution >= 4 is 40.7 Å². The van der Waals surface area contributed by atoms with Gasteiger partial charge in [0.1, 0.15) is 11.6 Å². The Hall–Kier alpha value is -1.20. The number of halogens is 2. The average Bonchev–Trinajstić information content (AvgIpc) is 2.33. The fourth-order valence-electron chi connectivity index (χ4n) is 1.47. The van der Waals surface area contributed by atoms with Crippen molar-refractivity contribution in [1.82, 2.24) is 10.3 Å². The number of nitrogens with one attached hydrogen (secondary N) is 1. The number of carbonyl (C=O) groups is 1. The highest BCUT2D eigenvalue weighted by Crippen LogP contribution is 2.29. The fourth-order valence-corrected chi connectivity index (χ4v) is 1.95. The normalized spacial score (nSPS) is 10.2. The fraction of sp³-hybridized carbons (Fsp3) is 0.455. The Morgan fingerprint density at radius 2 is 2.17 bits per heavy atom. The third kappa shape index (κ3) is 3.65. The van der Waals surface area contributed by atoms with Gasteiger partial charge in [-0.2, -0.15) is 0 Å². The smallest absolute Gasteiger partial charge is 0.239 e. The number of rotatable bonds is 5. The molecule has 3 N–H and O–H groups in total. The highest BCUT2D eigenvalue weighted by molar-refractivity contribution is 6.37. The van der Waals surface area contributed by atoms with Crippen molar-refractivity contribution in [3.05, 3.63) is 16.1 Å². The van der Waals surface area contributed by atoms with Crippen LogP contribution in [0.5, 0.6) is 0 Å². The zero-order chi connectivity index (χ0) is 13.7. The van der Waals surface area contributed by atoms with E-state index in [1.165, 1.54) is 6.07 Å². The van der Waals surface area contributed by atoms with Gasteiger partial charge in [-0.1, -0.05) is 30.1 Å². The molecule has 0 fully saturated rings. The van der Waals surface area contributed by atoms with Crippen molar-refractivity contribution in [3.8, 4) is 0 Å².